The maximum Gasteiger partial charge on any atom is 0.216 e. The molecule has 0 radical (unpaired) electrons. The molecule has 2 rings (SSSR count). The first kappa shape index (κ1) is 18.1. The van der Waals surface area contributed by atoms with Gasteiger partial charge in [0.1, 0.15) is 0 Å². The first-order valence-electron chi connectivity index (χ1n) is 9.19. The van der Waals surface area contributed by atoms with Crippen LogP contribution in [0.2, 0.25) is 0 Å². The average Bonchev–Trinajstić information content (AvgIpc) is 2.53. The van der Waals surface area contributed by atoms with Gasteiger partial charge in [0.15, 0.2) is 0 Å². The van der Waals surface area contributed by atoms with Gasteiger partial charge in [-0.25, -0.2) is 0 Å². The fourth-order valence-electron chi connectivity index (χ4n) is 4.65. The standard InChI is InChI=1S/C17H30N2O4/c1-3-13-6-8-15(17(10-13)19(22)23)9-7-14-5-4-12(2)16(11-14)18(20)21/h12-17H,3-11H2,1-2H3/t12?,13?,14?,15?,16?,17-/m1/s1. The predicted molar refractivity (Wildman–Crippen MR) is 88.4 cm³/mol. The molecule has 0 bridgehead atoms. The summed E-state index contributed by atoms with van der Waals surface area (Å²) in [6, 6.07) is -0.821. The molecule has 5 unspecified atom stereocenters. The van der Waals surface area contributed by atoms with E-state index in [-0.39, 0.29) is 21.7 Å². The minimum Gasteiger partial charge on any atom is -0.264 e. The maximum absolute atomic E-state index is 11.4. The van der Waals surface area contributed by atoms with Crippen molar-refractivity contribution >= 4 is 0 Å². The molecular formula is C17H30N2O4. The highest BCUT2D eigenvalue weighted by atomic mass is 16.6. The molecule has 0 aromatic carbocycles. The molecule has 0 aromatic rings. The third-order valence-electron chi connectivity index (χ3n) is 6.39. The summed E-state index contributed by atoms with van der Waals surface area (Å²) in [6.07, 6.45) is 8.19. The van der Waals surface area contributed by atoms with Gasteiger partial charge in [0.05, 0.1) is 0 Å². The molecule has 2 aliphatic rings. The van der Waals surface area contributed by atoms with Crippen molar-refractivity contribution in [1.29, 1.82) is 0 Å². The first-order valence-corrected chi connectivity index (χ1v) is 9.19. The van der Waals surface area contributed by atoms with E-state index in [0.717, 1.165) is 44.9 Å². The molecule has 0 saturated heterocycles. The van der Waals surface area contributed by atoms with Crippen LogP contribution in [-0.4, -0.2) is 21.9 Å². The Labute approximate surface area is 138 Å². The van der Waals surface area contributed by atoms with Crippen LogP contribution >= 0.6 is 0 Å². The highest BCUT2D eigenvalue weighted by Gasteiger charge is 2.39. The molecule has 132 valence electrons. The minimum absolute atomic E-state index is 0.0742. The predicted octanol–water partition coefficient (Wildman–Crippen LogP) is 4.32. The molecule has 6 heteroatoms. The second-order valence-electron chi connectivity index (χ2n) is 7.79. The quantitative estimate of drug-likeness (QED) is 0.537. The number of hydrogen-bond acceptors (Lipinski definition) is 4. The Morgan fingerprint density at radius 3 is 2.09 bits per heavy atom. The van der Waals surface area contributed by atoms with Gasteiger partial charge in [0, 0.05) is 34.5 Å². The Morgan fingerprint density at radius 2 is 1.48 bits per heavy atom. The molecule has 0 spiro atoms. The summed E-state index contributed by atoms with van der Waals surface area (Å²) in [7, 11) is 0. The van der Waals surface area contributed by atoms with Crippen molar-refractivity contribution in [2.75, 3.05) is 0 Å². The van der Waals surface area contributed by atoms with Gasteiger partial charge >= 0.3 is 0 Å². The summed E-state index contributed by atoms with van der Waals surface area (Å²) in [4.78, 5) is 22.3. The van der Waals surface area contributed by atoms with Crippen molar-refractivity contribution in [2.45, 2.75) is 83.7 Å². The van der Waals surface area contributed by atoms with Crippen LogP contribution in [0.15, 0.2) is 0 Å². The van der Waals surface area contributed by atoms with Crippen LogP contribution in [0.1, 0.15) is 71.6 Å². The zero-order valence-corrected chi connectivity index (χ0v) is 14.4. The van der Waals surface area contributed by atoms with Crippen molar-refractivity contribution in [1.82, 2.24) is 0 Å². The molecule has 23 heavy (non-hydrogen) atoms. The molecule has 0 N–H and O–H groups in total. The molecule has 0 heterocycles. The topological polar surface area (TPSA) is 86.3 Å². The highest BCUT2D eigenvalue weighted by Crippen LogP contribution is 2.38. The Kier molecular flexibility index (Phi) is 6.36. The lowest BCUT2D eigenvalue weighted by Gasteiger charge is -2.33. The molecule has 2 saturated carbocycles. The second-order valence-corrected chi connectivity index (χ2v) is 7.79. The molecule has 0 aromatic heterocycles. The van der Waals surface area contributed by atoms with Crippen molar-refractivity contribution in [2.24, 2.45) is 23.7 Å². The zero-order valence-electron chi connectivity index (χ0n) is 14.4. The van der Waals surface area contributed by atoms with E-state index in [1.54, 1.807) is 0 Å². The monoisotopic (exact) mass is 326 g/mol. The van der Waals surface area contributed by atoms with Gasteiger partial charge < -0.3 is 0 Å². The molecular weight excluding hydrogens is 296 g/mol. The van der Waals surface area contributed by atoms with E-state index >= 15 is 0 Å². The van der Waals surface area contributed by atoms with Crippen molar-refractivity contribution in [3.8, 4) is 0 Å². The van der Waals surface area contributed by atoms with Gasteiger partial charge in [-0.1, -0.05) is 20.3 Å². The first-order chi connectivity index (χ1) is 10.9. The van der Waals surface area contributed by atoms with E-state index in [2.05, 4.69) is 6.92 Å². The van der Waals surface area contributed by atoms with Gasteiger partial charge in [-0.05, 0) is 50.4 Å². The van der Waals surface area contributed by atoms with E-state index in [1.165, 1.54) is 0 Å². The van der Waals surface area contributed by atoms with Crippen molar-refractivity contribution in [3.63, 3.8) is 0 Å². The lowest BCUT2D eigenvalue weighted by Crippen LogP contribution is -2.37. The van der Waals surface area contributed by atoms with Gasteiger partial charge in [0.25, 0.3) is 0 Å². The van der Waals surface area contributed by atoms with E-state index in [4.69, 9.17) is 0 Å². The molecule has 6 nitrogen and oxygen atoms in total. The van der Waals surface area contributed by atoms with Crippen molar-refractivity contribution < 1.29 is 9.85 Å². The lowest BCUT2D eigenvalue weighted by molar-refractivity contribution is -0.538. The SMILES string of the molecule is CCC1CCC(CCC2CCC(C)C([N+](=O)[O-])C2)[C@H]([N+](=O)[O-])C1. The lowest BCUT2D eigenvalue weighted by atomic mass is 9.72. The molecule has 2 aliphatic carbocycles. The molecule has 0 amide bonds. The van der Waals surface area contributed by atoms with E-state index in [0.29, 0.717) is 24.7 Å². The third kappa shape index (κ3) is 4.64. The summed E-state index contributed by atoms with van der Waals surface area (Å²) >= 11 is 0. The summed E-state index contributed by atoms with van der Waals surface area (Å²) in [5.41, 5.74) is 0. The van der Waals surface area contributed by atoms with E-state index in [1.807, 2.05) is 6.92 Å². The molecule has 6 atom stereocenters. The zero-order chi connectivity index (χ0) is 17.0. The van der Waals surface area contributed by atoms with Crippen LogP contribution in [-0.2, 0) is 0 Å². The minimum atomic E-state index is -0.420. The van der Waals surface area contributed by atoms with Gasteiger partial charge in [-0.3, -0.25) is 20.2 Å². The van der Waals surface area contributed by atoms with Crippen molar-refractivity contribution in [3.05, 3.63) is 20.2 Å². The van der Waals surface area contributed by atoms with E-state index < -0.39 is 12.1 Å². The Balaban J connectivity index is 1.87. The van der Waals surface area contributed by atoms with Gasteiger partial charge in [-0.15, -0.1) is 0 Å². The number of hydrogen-bond donors (Lipinski definition) is 0. The maximum atomic E-state index is 11.4. The van der Waals surface area contributed by atoms with Gasteiger partial charge in [0.2, 0.25) is 12.1 Å². The van der Waals surface area contributed by atoms with Crippen LogP contribution in [0, 0.1) is 43.9 Å². The average molecular weight is 326 g/mol. The Morgan fingerprint density at radius 1 is 0.870 bits per heavy atom. The summed E-state index contributed by atoms with van der Waals surface area (Å²) < 4.78 is 0. The Hall–Kier alpha value is -1.20. The van der Waals surface area contributed by atoms with Crippen LogP contribution in [0.3, 0.4) is 0 Å². The summed E-state index contributed by atoms with van der Waals surface area (Å²) in [6.45, 7) is 4.08. The molecule has 0 aliphatic heterocycles. The summed E-state index contributed by atoms with van der Waals surface area (Å²) in [5, 5.41) is 22.5. The fourth-order valence-corrected chi connectivity index (χ4v) is 4.65. The normalized spacial score (nSPS) is 38.2. The fraction of sp³-hybridized carbons (Fsp3) is 1.00. The second kappa shape index (κ2) is 8.06. The van der Waals surface area contributed by atoms with Gasteiger partial charge in [-0.2, -0.15) is 0 Å². The van der Waals surface area contributed by atoms with Crippen LogP contribution in [0.25, 0.3) is 0 Å². The number of nitro groups is 2. The van der Waals surface area contributed by atoms with Crippen LogP contribution in [0.4, 0.5) is 0 Å². The number of rotatable bonds is 6. The van der Waals surface area contributed by atoms with Crippen LogP contribution in [0.5, 0.6) is 0 Å². The number of nitrogens with zero attached hydrogens (tertiary/aromatic N) is 2. The Bertz CT molecular complexity index is 429. The largest absolute Gasteiger partial charge is 0.264 e. The smallest absolute Gasteiger partial charge is 0.216 e. The van der Waals surface area contributed by atoms with Crippen LogP contribution < -0.4 is 0 Å². The molecule has 2 fully saturated rings. The summed E-state index contributed by atoms with van der Waals surface area (Å²) in [5.74, 6) is 1.20. The third-order valence-corrected chi connectivity index (χ3v) is 6.39. The van der Waals surface area contributed by atoms with E-state index in [9.17, 15) is 20.2 Å². The highest BCUT2D eigenvalue weighted by molar-refractivity contribution is 4.83.